The van der Waals surface area contributed by atoms with Gasteiger partial charge in [0.2, 0.25) is 23.6 Å². The Morgan fingerprint density at radius 1 is 0.808 bits per heavy atom. The Morgan fingerprint density at radius 2 is 1.46 bits per heavy atom. The molecule has 2 unspecified atom stereocenters. The molecule has 2 aliphatic rings. The number of halogens is 1. The monoisotopic (exact) mass is 1090 g/mol. The van der Waals surface area contributed by atoms with E-state index < -0.39 is 29.4 Å². The number of hydrogen-bond donors (Lipinski definition) is 4. The summed E-state index contributed by atoms with van der Waals surface area (Å²) in [5.74, 6) is 2.18. The molecule has 3 aromatic carbocycles. The predicted molar refractivity (Wildman–Crippen MR) is 293 cm³/mol. The van der Waals surface area contributed by atoms with Gasteiger partial charge in [-0.15, -0.1) is 10.2 Å². The first kappa shape index (κ1) is 57.0. The van der Waals surface area contributed by atoms with Gasteiger partial charge in [-0.05, 0) is 93.5 Å². The Hall–Kier alpha value is -7.23. The molecule has 20 nitrogen and oxygen atoms in total. The van der Waals surface area contributed by atoms with Gasteiger partial charge in [-0.1, -0.05) is 68.8 Å². The maximum Gasteiger partial charge on any atom is 0.246 e. The van der Waals surface area contributed by atoms with E-state index in [1.54, 1.807) is 29.2 Å². The second-order valence-electron chi connectivity index (χ2n) is 20.3. The van der Waals surface area contributed by atoms with Crippen molar-refractivity contribution in [3.63, 3.8) is 0 Å². The standard InChI is InChI=1S/C57H69ClN10O10/c1-35-36(2)61-54-49(35)50(40-14-16-42(58)17-15-40)63-45(53-66-65-38(4)68(53)54)31-47(69)62-43-18-20-44(21-19-43)77-30-29-75-26-25-73-23-24-74-27-28-76-33-48(70)64-52(57(5,6)7)56(72)67-22-8-9-46(67)55(71)59-32-39-10-12-41(13-11-39)51-37(3)60-34-78-51/h10-21,34,45-46,52,61H,8-9,22-33H2,1-7H3,(H,59,71)(H,62,69)(H,64,70)/t45?,46-,52?/m0/s1. The summed E-state index contributed by atoms with van der Waals surface area (Å²) in [7, 11) is 0. The summed E-state index contributed by atoms with van der Waals surface area (Å²) in [4.78, 5) is 68.2. The van der Waals surface area contributed by atoms with Gasteiger partial charge in [0.05, 0.1) is 64.1 Å². The molecule has 414 valence electrons. The zero-order chi connectivity index (χ0) is 55.3. The van der Waals surface area contributed by atoms with E-state index in [0.29, 0.717) is 99.4 Å². The first-order valence-corrected chi connectivity index (χ1v) is 26.6. The third-order valence-electron chi connectivity index (χ3n) is 13.5. The largest absolute Gasteiger partial charge is 0.491 e. The number of anilines is 1. The highest BCUT2D eigenvalue weighted by Gasteiger charge is 2.42. The van der Waals surface area contributed by atoms with Crippen molar-refractivity contribution in [3.8, 4) is 22.9 Å². The maximum atomic E-state index is 13.9. The molecule has 6 aromatic rings. The molecule has 1 fully saturated rings. The van der Waals surface area contributed by atoms with Gasteiger partial charge in [0, 0.05) is 46.2 Å². The molecule has 0 radical (unpaired) electrons. The summed E-state index contributed by atoms with van der Waals surface area (Å²) in [6, 6.07) is 20.2. The fourth-order valence-corrected chi connectivity index (χ4v) is 9.44. The zero-order valence-electron chi connectivity index (χ0n) is 45.3. The smallest absolute Gasteiger partial charge is 0.246 e. The van der Waals surface area contributed by atoms with Crippen LogP contribution in [0, 0.1) is 33.1 Å². The lowest BCUT2D eigenvalue weighted by molar-refractivity contribution is -0.144. The van der Waals surface area contributed by atoms with Crippen LogP contribution >= 0.6 is 11.6 Å². The van der Waals surface area contributed by atoms with E-state index >= 15 is 0 Å². The van der Waals surface area contributed by atoms with Crippen molar-refractivity contribution in [2.45, 2.75) is 92.4 Å². The number of rotatable bonds is 25. The number of aliphatic imine (C=N–C) groups is 1. The Labute approximate surface area is 459 Å². The number of benzene rings is 3. The molecule has 0 spiro atoms. The molecule has 0 aliphatic carbocycles. The SMILES string of the molecule is Cc1ncoc1-c1ccc(CNC(=O)[C@@H]2CCCN2C(=O)C(NC(=O)COCCOCCOCCOCCOc2ccc(NC(=O)CC3N=C(c4ccc(Cl)cc4)c4c([nH]c(C)c4C)-n4c(C)nnc43)cc2)C(C)(C)C)cc1. The minimum atomic E-state index is -0.864. The quantitative estimate of drug-likeness (QED) is 0.0411. The lowest BCUT2D eigenvalue weighted by atomic mass is 9.85. The molecular formula is C57H69ClN10O10. The number of nitrogens with zero attached hydrogens (tertiary/aromatic N) is 6. The van der Waals surface area contributed by atoms with Crippen LogP contribution in [-0.2, 0) is 44.7 Å². The van der Waals surface area contributed by atoms with Gasteiger partial charge in [-0.25, -0.2) is 4.98 Å². The molecule has 21 heteroatoms. The Kier molecular flexibility index (Phi) is 19.3. The lowest BCUT2D eigenvalue weighted by Crippen LogP contribution is -2.58. The molecule has 3 aromatic heterocycles. The average molecular weight is 1090 g/mol. The second kappa shape index (κ2) is 26.4. The summed E-state index contributed by atoms with van der Waals surface area (Å²) >= 11 is 6.24. The molecule has 78 heavy (non-hydrogen) atoms. The van der Waals surface area contributed by atoms with Gasteiger partial charge < -0.3 is 53.9 Å². The molecule has 8 rings (SSSR count). The number of oxazole rings is 1. The van der Waals surface area contributed by atoms with E-state index in [4.69, 9.17) is 44.7 Å². The zero-order valence-corrected chi connectivity index (χ0v) is 46.0. The van der Waals surface area contributed by atoms with Gasteiger partial charge in [-0.3, -0.25) is 28.7 Å². The molecule has 0 saturated carbocycles. The number of fused-ring (bicyclic) bond motifs is 3. The fourth-order valence-electron chi connectivity index (χ4n) is 9.31. The number of carbonyl (C=O) groups is 4. The van der Waals surface area contributed by atoms with Crippen LogP contribution in [0.3, 0.4) is 0 Å². The number of ether oxygens (including phenoxy) is 5. The normalized spacial score (nSPS) is 15.5. The van der Waals surface area contributed by atoms with Crippen molar-refractivity contribution in [1.29, 1.82) is 0 Å². The van der Waals surface area contributed by atoms with E-state index in [1.807, 2.05) is 102 Å². The van der Waals surface area contributed by atoms with Crippen molar-refractivity contribution in [2.75, 3.05) is 71.3 Å². The summed E-state index contributed by atoms with van der Waals surface area (Å²) in [5, 5.41) is 18.3. The molecule has 1 saturated heterocycles. The van der Waals surface area contributed by atoms with Crippen molar-refractivity contribution in [1.82, 2.24) is 40.3 Å². The molecule has 3 atom stereocenters. The van der Waals surface area contributed by atoms with E-state index in [9.17, 15) is 19.2 Å². The number of aryl methyl sites for hydroxylation is 3. The third kappa shape index (κ3) is 14.5. The number of carbonyl (C=O) groups excluding carboxylic acids is 4. The first-order valence-electron chi connectivity index (χ1n) is 26.2. The summed E-state index contributed by atoms with van der Waals surface area (Å²) in [6.07, 6.45) is 2.66. The van der Waals surface area contributed by atoms with Crippen LogP contribution in [0.2, 0.25) is 5.02 Å². The van der Waals surface area contributed by atoms with Crippen molar-refractivity contribution < 1.29 is 47.3 Å². The topological polar surface area (TPSA) is 239 Å². The second-order valence-corrected chi connectivity index (χ2v) is 20.7. The summed E-state index contributed by atoms with van der Waals surface area (Å²) < 4.78 is 35.7. The third-order valence-corrected chi connectivity index (χ3v) is 13.8. The number of amides is 4. The van der Waals surface area contributed by atoms with Gasteiger partial charge >= 0.3 is 0 Å². The summed E-state index contributed by atoms with van der Waals surface area (Å²) in [5.41, 5.74) is 7.17. The van der Waals surface area contributed by atoms with Crippen LogP contribution in [0.4, 0.5) is 5.69 Å². The lowest BCUT2D eigenvalue weighted by Gasteiger charge is -2.35. The molecular weight excluding hydrogens is 1020 g/mol. The highest BCUT2D eigenvalue weighted by Crippen LogP contribution is 2.36. The highest BCUT2D eigenvalue weighted by atomic mass is 35.5. The van der Waals surface area contributed by atoms with Crippen LogP contribution in [0.5, 0.6) is 5.75 Å². The van der Waals surface area contributed by atoms with E-state index in [-0.39, 0.29) is 44.0 Å². The molecule has 0 bridgehead atoms. The Bertz CT molecular complexity index is 3040. The Morgan fingerprint density at radius 3 is 2.12 bits per heavy atom. The maximum absolute atomic E-state index is 13.9. The number of H-pyrrole nitrogens is 1. The molecule has 4 N–H and O–H groups in total. The number of aromatic nitrogens is 5. The van der Waals surface area contributed by atoms with Crippen LogP contribution in [0.15, 0.2) is 88.6 Å². The highest BCUT2D eigenvalue weighted by molar-refractivity contribution is 6.30. The Balaban J connectivity index is 0.668. The fraction of sp³-hybridized carbons (Fsp3) is 0.439. The van der Waals surface area contributed by atoms with Gasteiger partial charge in [0.25, 0.3) is 0 Å². The number of nitrogens with one attached hydrogen (secondary N) is 4. The number of aromatic amines is 1. The molecule has 5 heterocycles. The van der Waals surface area contributed by atoms with Crippen molar-refractivity contribution in [3.05, 3.63) is 130 Å². The minimum Gasteiger partial charge on any atom is -0.491 e. The summed E-state index contributed by atoms with van der Waals surface area (Å²) in [6.45, 7) is 16.4. The van der Waals surface area contributed by atoms with Crippen LogP contribution in [0.1, 0.15) is 91.4 Å². The van der Waals surface area contributed by atoms with Gasteiger partial charge in [-0.2, -0.15) is 0 Å². The van der Waals surface area contributed by atoms with Gasteiger partial charge in [0.1, 0.15) is 48.7 Å². The predicted octanol–water partition coefficient (Wildman–Crippen LogP) is 7.34. The van der Waals surface area contributed by atoms with Crippen LogP contribution in [0.25, 0.3) is 17.1 Å². The molecule has 4 amide bonds. The number of hydrogen-bond acceptors (Lipinski definition) is 14. The van der Waals surface area contributed by atoms with E-state index in [1.165, 1.54) is 6.39 Å². The molecule has 2 aliphatic heterocycles. The minimum absolute atomic E-state index is 0.0314. The van der Waals surface area contributed by atoms with Crippen LogP contribution < -0.4 is 20.7 Å². The van der Waals surface area contributed by atoms with E-state index in [2.05, 4.69) is 36.1 Å². The van der Waals surface area contributed by atoms with Crippen molar-refractivity contribution in [2.24, 2.45) is 10.4 Å². The average Bonchev–Trinajstić information content (AvgIpc) is 4.32. The van der Waals surface area contributed by atoms with Crippen molar-refractivity contribution >= 4 is 46.6 Å². The van der Waals surface area contributed by atoms with Crippen LogP contribution in [-0.4, -0.2) is 137 Å². The first-order chi connectivity index (χ1) is 37.5. The van der Waals surface area contributed by atoms with E-state index in [0.717, 1.165) is 50.7 Å². The van der Waals surface area contributed by atoms with Gasteiger partial charge in [0.15, 0.2) is 18.0 Å². The number of likely N-dealkylation sites (tertiary alicyclic amines) is 1.